The van der Waals surface area contributed by atoms with Gasteiger partial charge in [0.15, 0.2) is 5.13 Å². The van der Waals surface area contributed by atoms with E-state index in [2.05, 4.69) is 15.4 Å². The van der Waals surface area contributed by atoms with Crippen LogP contribution in [0.1, 0.15) is 17.0 Å². The van der Waals surface area contributed by atoms with Crippen LogP contribution in [0.2, 0.25) is 0 Å². The molecule has 1 aromatic carbocycles. The van der Waals surface area contributed by atoms with E-state index in [1.165, 1.54) is 22.3 Å². The molecular formula is C19H18N4O3S. The average molecular weight is 382 g/mol. The van der Waals surface area contributed by atoms with Crippen LogP contribution >= 0.6 is 11.3 Å². The van der Waals surface area contributed by atoms with Crippen molar-refractivity contribution in [2.45, 2.75) is 25.8 Å². The molecule has 2 heterocycles. The van der Waals surface area contributed by atoms with Crippen LogP contribution in [0, 0.1) is 0 Å². The lowest BCUT2D eigenvalue weighted by Crippen LogP contribution is -2.29. The van der Waals surface area contributed by atoms with Gasteiger partial charge in [0.1, 0.15) is 12.3 Å². The Hall–Kier alpha value is -3.00. The number of methoxy groups -OCH3 is 1. The molecule has 0 unspecified atom stereocenters. The van der Waals surface area contributed by atoms with Crippen molar-refractivity contribution in [3.63, 3.8) is 0 Å². The molecule has 3 aromatic rings. The highest BCUT2D eigenvalue weighted by atomic mass is 32.1. The second-order valence-corrected chi connectivity index (χ2v) is 7.32. The van der Waals surface area contributed by atoms with Crippen LogP contribution in [0.5, 0.6) is 5.75 Å². The third-order valence-electron chi connectivity index (χ3n) is 4.39. The van der Waals surface area contributed by atoms with E-state index < -0.39 is 0 Å². The Morgan fingerprint density at radius 2 is 2.04 bits per heavy atom. The number of thiazole rings is 1. The summed E-state index contributed by atoms with van der Waals surface area (Å²) in [4.78, 5) is 30.1. The van der Waals surface area contributed by atoms with E-state index in [1.54, 1.807) is 13.2 Å². The molecule has 27 heavy (non-hydrogen) atoms. The zero-order chi connectivity index (χ0) is 18.8. The normalized spacial score (nSPS) is 12.6. The number of nitrogens with zero attached hydrogens (tertiary/aromatic N) is 3. The number of hydrogen-bond donors (Lipinski definition) is 1. The summed E-state index contributed by atoms with van der Waals surface area (Å²) >= 11 is 1.51. The highest BCUT2D eigenvalue weighted by Crippen LogP contribution is 2.30. The Balaban J connectivity index is 1.50. The van der Waals surface area contributed by atoms with Crippen LogP contribution in [0.15, 0.2) is 41.2 Å². The van der Waals surface area contributed by atoms with Gasteiger partial charge in [-0.15, -0.1) is 11.3 Å². The highest BCUT2D eigenvalue weighted by molar-refractivity contribution is 7.15. The molecule has 0 saturated carbocycles. The predicted molar refractivity (Wildman–Crippen MR) is 103 cm³/mol. The summed E-state index contributed by atoms with van der Waals surface area (Å²) in [5, 5.41) is 7.68. The van der Waals surface area contributed by atoms with E-state index in [-0.39, 0.29) is 18.0 Å². The maximum atomic E-state index is 12.3. The number of nitrogens with one attached hydrogen (secondary N) is 1. The molecule has 1 aliphatic carbocycles. The first-order valence-corrected chi connectivity index (χ1v) is 9.45. The fourth-order valence-electron chi connectivity index (χ4n) is 3.02. The van der Waals surface area contributed by atoms with Crippen LogP contribution in [-0.2, 0) is 24.2 Å². The van der Waals surface area contributed by atoms with Gasteiger partial charge in [0.2, 0.25) is 5.91 Å². The average Bonchev–Trinajstić information content (AvgIpc) is 3.25. The second kappa shape index (κ2) is 7.32. The van der Waals surface area contributed by atoms with Crippen LogP contribution in [-0.4, -0.2) is 27.8 Å². The fourth-order valence-corrected chi connectivity index (χ4v) is 4.08. The summed E-state index contributed by atoms with van der Waals surface area (Å²) in [5.74, 6) is 0.422. The van der Waals surface area contributed by atoms with E-state index >= 15 is 0 Å². The number of rotatable bonds is 5. The van der Waals surface area contributed by atoms with Crippen molar-refractivity contribution in [3.8, 4) is 17.0 Å². The van der Waals surface area contributed by atoms with Gasteiger partial charge >= 0.3 is 0 Å². The Bertz CT molecular complexity index is 1020. The molecule has 0 radical (unpaired) electrons. The molecule has 4 rings (SSSR count). The zero-order valence-electron chi connectivity index (χ0n) is 14.8. The molecule has 1 N–H and O–H groups in total. The van der Waals surface area contributed by atoms with Gasteiger partial charge in [0.25, 0.3) is 5.56 Å². The molecule has 0 spiro atoms. The summed E-state index contributed by atoms with van der Waals surface area (Å²) in [7, 11) is 1.60. The fraction of sp³-hybridized carbons (Fsp3) is 0.263. The molecular weight excluding hydrogens is 364 g/mol. The number of amides is 1. The first-order valence-electron chi connectivity index (χ1n) is 8.63. The van der Waals surface area contributed by atoms with Crippen LogP contribution < -0.4 is 15.6 Å². The van der Waals surface area contributed by atoms with Crippen LogP contribution in [0.3, 0.4) is 0 Å². The van der Waals surface area contributed by atoms with Gasteiger partial charge in [-0.1, -0.05) is 0 Å². The molecule has 8 heteroatoms. The quantitative estimate of drug-likeness (QED) is 0.733. The van der Waals surface area contributed by atoms with Gasteiger partial charge in [-0.25, -0.2) is 9.67 Å². The molecule has 0 atom stereocenters. The molecule has 0 fully saturated rings. The maximum absolute atomic E-state index is 12.3. The second-order valence-electron chi connectivity index (χ2n) is 6.23. The van der Waals surface area contributed by atoms with E-state index in [4.69, 9.17) is 4.74 Å². The number of benzene rings is 1. The number of fused-ring (bicyclic) bond motifs is 1. The SMILES string of the molecule is COc1ccc(-c2ccc(=O)n(CC(=O)Nc3nc4c(s3)CCC4)n2)cc1. The van der Waals surface area contributed by atoms with Crippen LogP contribution in [0.4, 0.5) is 5.13 Å². The molecule has 0 aliphatic heterocycles. The van der Waals surface area contributed by atoms with Crippen molar-refractivity contribution in [2.75, 3.05) is 12.4 Å². The lowest BCUT2D eigenvalue weighted by Gasteiger charge is -2.07. The summed E-state index contributed by atoms with van der Waals surface area (Å²) < 4.78 is 6.31. The third-order valence-corrected chi connectivity index (χ3v) is 5.46. The number of ether oxygens (including phenoxy) is 1. The van der Waals surface area contributed by atoms with Crippen molar-refractivity contribution in [1.29, 1.82) is 0 Å². The predicted octanol–water partition coefficient (Wildman–Crippen LogP) is 2.50. The van der Waals surface area contributed by atoms with Gasteiger partial charge in [0.05, 0.1) is 18.5 Å². The van der Waals surface area contributed by atoms with Crippen molar-refractivity contribution >= 4 is 22.4 Å². The first kappa shape index (κ1) is 17.4. The number of aryl methyl sites for hydroxylation is 2. The molecule has 138 valence electrons. The third kappa shape index (κ3) is 3.75. The first-order chi connectivity index (χ1) is 13.1. The number of hydrogen-bond acceptors (Lipinski definition) is 6. The molecule has 7 nitrogen and oxygen atoms in total. The van der Waals surface area contributed by atoms with E-state index in [0.29, 0.717) is 10.8 Å². The van der Waals surface area contributed by atoms with E-state index in [0.717, 1.165) is 41.0 Å². The molecule has 0 saturated heterocycles. The highest BCUT2D eigenvalue weighted by Gasteiger charge is 2.18. The molecule has 1 aliphatic rings. The lowest BCUT2D eigenvalue weighted by molar-refractivity contribution is -0.117. The smallest absolute Gasteiger partial charge is 0.267 e. The Morgan fingerprint density at radius 3 is 2.78 bits per heavy atom. The number of carbonyl (C=O) groups is 1. The summed E-state index contributed by atoms with van der Waals surface area (Å²) in [6.07, 6.45) is 3.11. The Morgan fingerprint density at radius 1 is 1.22 bits per heavy atom. The Labute approximate surface area is 159 Å². The summed E-state index contributed by atoms with van der Waals surface area (Å²) in [6, 6.07) is 10.4. The molecule has 1 amide bonds. The number of aromatic nitrogens is 3. The van der Waals surface area contributed by atoms with Gasteiger partial charge < -0.3 is 10.1 Å². The summed E-state index contributed by atoms with van der Waals surface area (Å²) in [5.41, 5.74) is 2.19. The topological polar surface area (TPSA) is 86.1 Å². The largest absolute Gasteiger partial charge is 0.497 e. The standard InChI is InChI=1S/C19H18N4O3S/c1-26-13-7-5-12(6-8-13)14-9-10-18(25)23(22-14)11-17(24)21-19-20-15-3-2-4-16(15)27-19/h5-10H,2-4,11H2,1H3,(H,20,21,24). The molecule has 0 bridgehead atoms. The zero-order valence-corrected chi connectivity index (χ0v) is 15.6. The lowest BCUT2D eigenvalue weighted by atomic mass is 10.1. The van der Waals surface area contributed by atoms with Gasteiger partial charge in [-0.2, -0.15) is 5.10 Å². The van der Waals surface area contributed by atoms with Crippen molar-refractivity contribution in [3.05, 3.63) is 57.3 Å². The van der Waals surface area contributed by atoms with Crippen molar-refractivity contribution in [1.82, 2.24) is 14.8 Å². The minimum atomic E-state index is -0.330. The maximum Gasteiger partial charge on any atom is 0.267 e. The Kier molecular flexibility index (Phi) is 4.72. The van der Waals surface area contributed by atoms with Crippen LogP contribution in [0.25, 0.3) is 11.3 Å². The van der Waals surface area contributed by atoms with E-state index in [9.17, 15) is 9.59 Å². The monoisotopic (exact) mass is 382 g/mol. The van der Waals surface area contributed by atoms with E-state index in [1.807, 2.05) is 24.3 Å². The molecule has 2 aromatic heterocycles. The minimum Gasteiger partial charge on any atom is -0.497 e. The van der Waals surface area contributed by atoms with Gasteiger partial charge in [-0.05, 0) is 49.6 Å². The summed E-state index contributed by atoms with van der Waals surface area (Å²) in [6.45, 7) is -0.160. The van der Waals surface area contributed by atoms with Crippen molar-refractivity contribution in [2.24, 2.45) is 0 Å². The van der Waals surface area contributed by atoms with Crippen molar-refractivity contribution < 1.29 is 9.53 Å². The van der Waals surface area contributed by atoms with Gasteiger partial charge in [0, 0.05) is 16.5 Å². The van der Waals surface area contributed by atoms with Gasteiger partial charge in [-0.3, -0.25) is 9.59 Å². The number of carbonyl (C=O) groups excluding carboxylic acids is 1. The minimum absolute atomic E-state index is 0.160. The number of anilines is 1.